The first-order chi connectivity index (χ1) is 11.5. The molecule has 0 saturated carbocycles. The molecule has 132 valence electrons. The van der Waals surface area contributed by atoms with Gasteiger partial charge in [0.25, 0.3) is 0 Å². The molecule has 6 heteroatoms. The third-order valence-corrected chi connectivity index (χ3v) is 4.37. The van der Waals surface area contributed by atoms with Crippen molar-refractivity contribution in [1.82, 2.24) is 15.1 Å². The van der Waals surface area contributed by atoms with E-state index in [9.17, 15) is 9.59 Å². The van der Waals surface area contributed by atoms with Crippen LogP contribution in [0.3, 0.4) is 0 Å². The van der Waals surface area contributed by atoms with E-state index in [-0.39, 0.29) is 17.7 Å². The van der Waals surface area contributed by atoms with Crippen LogP contribution in [0.1, 0.15) is 12.5 Å². The van der Waals surface area contributed by atoms with Crippen molar-refractivity contribution in [3.05, 3.63) is 29.8 Å². The fourth-order valence-corrected chi connectivity index (χ4v) is 2.95. The number of hydrogen-bond acceptors (Lipinski definition) is 4. The van der Waals surface area contributed by atoms with Crippen molar-refractivity contribution in [1.29, 1.82) is 0 Å². The van der Waals surface area contributed by atoms with Gasteiger partial charge in [0.15, 0.2) is 0 Å². The number of benzene rings is 1. The number of piperazine rings is 1. The lowest BCUT2D eigenvalue weighted by Crippen LogP contribution is -2.52. The van der Waals surface area contributed by atoms with Crippen LogP contribution in [0.15, 0.2) is 24.3 Å². The Labute approximate surface area is 143 Å². The predicted octanol–water partition coefficient (Wildman–Crippen LogP) is 0.764. The van der Waals surface area contributed by atoms with Gasteiger partial charge in [-0.2, -0.15) is 0 Å². The van der Waals surface area contributed by atoms with Crippen LogP contribution < -0.4 is 10.1 Å². The molecule has 1 heterocycles. The molecule has 1 aromatic rings. The van der Waals surface area contributed by atoms with E-state index >= 15 is 0 Å². The van der Waals surface area contributed by atoms with E-state index in [0.29, 0.717) is 39.1 Å². The molecule has 0 aliphatic carbocycles. The van der Waals surface area contributed by atoms with Gasteiger partial charge in [0.2, 0.25) is 11.8 Å². The van der Waals surface area contributed by atoms with Gasteiger partial charge in [0, 0.05) is 38.6 Å². The van der Waals surface area contributed by atoms with E-state index in [4.69, 9.17) is 4.74 Å². The monoisotopic (exact) mass is 333 g/mol. The molecule has 1 unspecified atom stereocenters. The summed E-state index contributed by atoms with van der Waals surface area (Å²) in [5.74, 6) is 0.978. The van der Waals surface area contributed by atoms with Crippen LogP contribution in [-0.2, 0) is 16.0 Å². The summed E-state index contributed by atoms with van der Waals surface area (Å²) in [6.45, 7) is 5.02. The minimum Gasteiger partial charge on any atom is -0.497 e. The van der Waals surface area contributed by atoms with Gasteiger partial charge in [-0.3, -0.25) is 9.59 Å². The highest BCUT2D eigenvalue weighted by Crippen LogP contribution is 2.15. The molecule has 1 aliphatic rings. The molecule has 6 nitrogen and oxygen atoms in total. The summed E-state index contributed by atoms with van der Waals surface area (Å²) in [4.78, 5) is 28.4. The topological polar surface area (TPSA) is 61.9 Å². The van der Waals surface area contributed by atoms with E-state index in [1.165, 1.54) is 0 Å². The molecule has 1 atom stereocenters. The van der Waals surface area contributed by atoms with Crippen LogP contribution in [0.2, 0.25) is 0 Å². The molecule has 1 N–H and O–H groups in total. The number of ether oxygens (including phenoxy) is 1. The Hall–Kier alpha value is -2.08. The Balaban J connectivity index is 1.85. The van der Waals surface area contributed by atoms with Crippen LogP contribution in [0.5, 0.6) is 5.75 Å². The number of nitrogens with zero attached hydrogens (tertiary/aromatic N) is 2. The van der Waals surface area contributed by atoms with Crippen molar-refractivity contribution in [2.75, 3.05) is 46.9 Å². The molecule has 2 rings (SSSR count). The minimum atomic E-state index is -0.0333. The minimum absolute atomic E-state index is 0.0333. The Kier molecular flexibility index (Phi) is 6.61. The van der Waals surface area contributed by atoms with Crippen molar-refractivity contribution >= 4 is 11.8 Å². The van der Waals surface area contributed by atoms with Crippen molar-refractivity contribution in [3.8, 4) is 5.75 Å². The summed E-state index contributed by atoms with van der Waals surface area (Å²) >= 11 is 0. The third-order valence-electron chi connectivity index (χ3n) is 4.37. The molecule has 2 amide bonds. The first-order valence-corrected chi connectivity index (χ1v) is 8.39. The van der Waals surface area contributed by atoms with Crippen LogP contribution in [0.25, 0.3) is 0 Å². The number of carbonyl (C=O) groups is 2. The number of nitrogens with one attached hydrogen (secondary N) is 1. The fourth-order valence-electron chi connectivity index (χ4n) is 2.95. The SMILES string of the molecule is CNCC(C)C(=O)N1CCN(C(=O)Cc2cccc(OC)c2)CC1. The van der Waals surface area contributed by atoms with Gasteiger partial charge in [-0.25, -0.2) is 0 Å². The first-order valence-electron chi connectivity index (χ1n) is 8.39. The van der Waals surface area contributed by atoms with Gasteiger partial charge in [-0.05, 0) is 24.7 Å². The van der Waals surface area contributed by atoms with E-state index in [1.807, 2.05) is 48.0 Å². The number of hydrogen-bond donors (Lipinski definition) is 1. The largest absolute Gasteiger partial charge is 0.497 e. The lowest BCUT2D eigenvalue weighted by atomic mass is 10.1. The van der Waals surface area contributed by atoms with E-state index in [1.54, 1.807) is 7.11 Å². The third kappa shape index (κ3) is 4.71. The second kappa shape index (κ2) is 8.68. The molecule has 1 saturated heterocycles. The van der Waals surface area contributed by atoms with Gasteiger partial charge in [-0.1, -0.05) is 19.1 Å². The Bertz CT molecular complexity index is 568. The number of amides is 2. The van der Waals surface area contributed by atoms with Crippen LogP contribution in [0, 0.1) is 5.92 Å². The zero-order chi connectivity index (χ0) is 17.5. The Morgan fingerprint density at radius 2 is 1.88 bits per heavy atom. The standard InChI is InChI=1S/C18H27N3O3/c1-14(13-19-2)18(23)21-9-7-20(8-10-21)17(22)12-15-5-4-6-16(11-15)24-3/h4-6,11,14,19H,7-10,12-13H2,1-3H3. The highest BCUT2D eigenvalue weighted by molar-refractivity contribution is 5.81. The van der Waals surface area contributed by atoms with Crippen molar-refractivity contribution in [3.63, 3.8) is 0 Å². The summed E-state index contributed by atoms with van der Waals surface area (Å²) in [5.41, 5.74) is 0.945. The summed E-state index contributed by atoms with van der Waals surface area (Å²) in [6.07, 6.45) is 0.362. The molecular weight excluding hydrogens is 306 g/mol. The average molecular weight is 333 g/mol. The molecular formula is C18H27N3O3. The van der Waals surface area contributed by atoms with E-state index < -0.39 is 0 Å². The zero-order valence-corrected chi connectivity index (χ0v) is 14.7. The zero-order valence-electron chi connectivity index (χ0n) is 14.7. The second-order valence-electron chi connectivity index (χ2n) is 6.19. The number of methoxy groups -OCH3 is 1. The lowest BCUT2D eigenvalue weighted by Gasteiger charge is -2.36. The molecule has 1 aliphatic heterocycles. The van der Waals surface area contributed by atoms with Gasteiger partial charge in [0.05, 0.1) is 13.5 Å². The molecule has 0 spiro atoms. The Morgan fingerprint density at radius 1 is 1.21 bits per heavy atom. The van der Waals surface area contributed by atoms with Crippen LogP contribution >= 0.6 is 0 Å². The molecule has 1 aromatic carbocycles. The number of rotatable bonds is 6. The predicted molar refractivity (Wildman–Crippen MR) is 92.9 cm³/mol. The van der Waals surface area contributed by atoms with Gasteiger partial charge in [-0.15, -0.1) is 0 Å². The maximum Gasteiger partial charge on any atom is 0.227 e. The van der Waals surface area contributed by atoms with Crippen LogP contribution in [0.4, 0.5) is 0 Å². The summed E-state index contributed by atoms with van der Waals surface area (Å²) in [6, 6.07) is 7.57. The highest BCUT2D eigenvalue weighted by atomic mass is 16.5. The van der Waals surface area contributed by atoms with Crippen molar-refractivity contribution in [2.24, 2.45) is 5.92 Å². The molecule has 0 radical (unpaired) electrons. The molecule has 1 fully saturated rings. The maximum absolute atomic E-state index is 12.5. The fraction of sp³-hybridized carbons (Fsp3) is 0.556. The van der Waals surface area contributed by atoms with E-state index in [2.05, 4.69) is 5.32 Å². The molecule has 0 bridgehead atoms. The van der Waals surface area contributed by atoms with Crippen molar-refractivity contribution in [2.45, 2.75) is 13.3 Å². The van der Waals surface area contributed by atoms with E-state index in [0.717, 1.165) is 11.3 Å². The molecule has 0 aromatic heterocycles. The second-order valence-corrected chi connectivity index (χ2v) is 6.19. The summed E-state index contributed by atoms with van der Waals surface area (Å²) < 4.78 is 5.19. The first kappa shape index (κ1) is 18.3. The van der Waals surface area contributed by atoms with Gasteiger partial charge in [0.1, 0.15) is 5.75 Å². The molecule has 24 heavy (non-hydrogen) atoms. The Morgan fingerprint density at radius 3 is 2.50 bits per heavy atom. The quantitative estimate of drug-likeness (QED) is 0.835. The smallest absolute Gasteiger partial charge is 0.227 e. The van der Waals surface area contributed by atoms with Crippen molar-refractivity contribution < 1.29 is 14.3 Å². The average Bonchev–Trinajstić information content (AvgIpc) is 2.61. The number of carbonyl (C=O) groups excluding carboxylic acids is 2. The summed E-state index contributed by atoms with van der Waals surface area (Å²) in [5, 5.41) is 3.03. The summed E-state index contributed by atoms with van der Waals surface area (Å²) in [7, 11) is 3.46. The lowest BCUT2D eigenvalue weighted by molar-refractivity contribution is -0.141. The van der Waals surface area contributed by atoms with Gasteiger partial charge >= 0.3 is 0 Å². The highest BCUT2D eigenvalue weighted by Gasteiger charge is 2.26. The maximum atomic E-state index is 12.5. The van der Waals surface area contributed by atoms with Crippen LogP contribution in [-0.4, -0.2) is 68.5 Å². The normalized spacial score (nSPS) is 16.0. The van der Waals surface area contributed by atoms with Gasteiger partial charge < -0.3 is 19.9 Å².